The number of hydrogen-bond donors (Lipinski definition) is 0. The molecule has 0 aliphatic heterocycles. The van der Waals surface area contributed by atoms with Crippen molar-refractivity contribution < 1.29 is 13.2 Å². The van der Waals surface area contributed by atoms with Gasteiger partial charge in [-0.1, -0.05) is 17.7 Å². The number of sulfone groups is 1. The molecule has 1 aromatic rings. The average molecular weight is 387 g/mol. The van der Waals surface area contributed by atoms with E-state index < -0.39 is 9.84 Å². The van der Waals surface area contributed by atoms with Crippen LogP contribution in [-0.4, -0.2) is 26.2 Å². The zero-order valence-corrected chi connectivity index (χ0v) is 13.0. The Labute approximate surface area is 120 Å². The molecule has 0 aliphatic rings. The summed E-state index contributed by atoms with van der Waals surface area (Å²) in [5.74, 6) is -0.0384. The summed E-state index contributed by atoms with van der Waals surface area (Å²) < 4.78 is 22.7. The van der Waals surface area contributed by atoms with Gasteiger partial charge in [0.2, 0.25) is 0 Å². The third-order valence-electron chi connectivity index (χ3n) is 2.16. The predicted molar refractivity (Wildman–Crippen MR) is 77.4 cm³/mol. The number of carbonyl (C=O) groups excluding carboxylic acids is 1. The molecule has 0 spiro atoms. The fraction of sp³-hybridized carbons (Fsp3) is 0.364. The molecule has 3 nitrogen and oxygen atoms in total. The summed E-state index contributed by atoms with van der Waals surface area (Å²) in [6, 6.07) is 5.09. The highest BCUT2D eigenvalue weighted by Crippen LogP contribution is 2.20. The minimum Gasteiger partial charge on any atom is -0.294 e. The van der Waals surface area contributed by atoms with Crippen molar-refractivity contribution in [3.05, 3.63) is 32.4 Å². The van der Waals surface area contributed by atoms with E-state index in [9.17, 15) is 13.2 Å². The van der Waals surface area contributed by atoms with Crippen molar-refractivity contribution >= 4 is 49.8 Å². The summed E-state index contributed by atoms with van der Waals surface area (Å²) in [4.78, 5) is 11.7. The molecule has 0 heterocycles. The van der Waals surface area contributed by atoms with Crippen molar-refractivity contribution in [1.29, 1.82) is 0 Å². The van der Waals surface area contributed by atoms with E-state index in [4.69, 9.17) is 11.6 Å². The van der Waals surface area contributed by atoms with Crippen LogP contribution in [0.5, 0.6) is 0 Å². The Morgan fingerprint density at radius 3 is 2.59 bits per heavy atom. The van der Waals surface area contributed by atoms with Crippen LogP contribution in [0, 0.1) is 3.57 Å². The molecule has 94 valence electrons. The van der Waals surface area contributed by atoms with Gasteiger partial charge in [-0.2, -0.15) is 0 Å². The monoisotopic (exact) mass is 386 g/mol. The van der Waals surface area contributed by atoms with Gasteiger partial charge < -0.3 is 0 Å². The van der Waals surface area contributed by atoms with Crippen LogP contribution >= 0.6 is 34.2 Å². The fourth-order valence-electron chi connectivity index (χ4n) is 1.31. The quantitative estimate of drug-likeness (QED) is 0.577. The number of benzene rings is 1. The Morgan fingerprint density at radius 2 is 2.06 bits per heavy atom. The van der Waals surface area contributed by atoms with Crippen LogP contribution in [0.15, 0.2) is 18.2 Å². The lowest BCUT2D eigenvalue weighted by molar-refractivity contribution is 0.0982. The van der Waals surface area contributed by atoms with Gasteiger partial charge in [0.05, 0.1) is 10.8 Å². The zero-order chi connectivity index (χ0) is 13.1. The molecule has 0 amide bonds. The first-order chi connectivity index (χ1) is 7.79. The van der Waals surface area contributed by atoms with E-state index in [0.29, 0.717) is 17.0 Å². The van der Waals surface area contributed by atoms with Crippen molar-refractivity contribution in [3.8, 4) is 0 Å². The second kappa shape index (κ2) is 6.15. The van der Waals surface area contributed by atoms with Crippen LogP contribution in [-0.2, 0) is 9.84 Å². The number of carbonyl (C=O) groups is 1. The molecule has 17 heavy (non-hydrogen) atoms. The highest BCUT2D eigenvalue weighted by molar-refractivity contribution is 14.1. The summed E-state index contributed by atoms with van der Waals surface area (Å²) >= 11 is 7.99. The van der Waals surface area contributed by atoms with E-state index >= 15 is 0 Å². The summed E-state index contributed by atoms with van der Waals surface area (Å²) in [7, 11) is -3.00. The van der Waals surface area contributed by atoms with Crippen LogP contribution in [0.4, 0.5) is 0 Å². The van der Waals surface area contributed by atoms with E-state index in [1.54, 1.807) is 18.2 Å². The number of halogens is 2. The number of rotatable bonds is 5. The third-order valence-corrected chi connectivity index (χ3v) is 4.76. The van der Waals surface area contributed by atoms with Crippen molar-refractivity contribution in [2.24, 2.45) is 0 Å². The van der Waals surface area contributed by atoms with Crippen LogP contribution in [0.3, 0.4) is 0 Å². The molecule has 0 radical (unpaired) electrons. The molecule has 0 saturated heterocycles. The molecule has 0 aliphatic carbocycles. The average Bonchev–Trinajstić information content (AvgIpc) is 2.20. The lowest BCUT2D eigenvalue weighted by Gasteiger charge is -2.02. The molecular weight excluding hydrogens is 375 g/mol. The van der Waals surface area contributed by atoms with E-state index in [0.717, 1.165) is 3.57 Å². The maximum absolute atomic E-state index is 11.7. The normalized spacial score (nSPS) is 11.5. The number of Topliss-reactive ketones (excluding diaryl/α,β-unsaturated/α-hetero) is 1. The van der Waals surface area contributed by atoms with Gasteiger partial charge in [-0.15, -0.1) is 0 Å². The molecule has 6 heteroatoms. The highest BCUT2D eigenvalue weighted by Gasteiger charge is 2.09. The standard InChI is InChI=1S/C11H12ClIO3S/c1-17(15,16)6-2-3-11(14)8-4-5-10(13)9(12)7-8/h4-5,7H,2-3,6H2,1H3. The maximum atomic E-state index is 11.7. The van der Waals surface area contributed by atoms with E-state index in [2.05, 4.69) is 22.6 Å². The van der Waals surface area contributed by atoms with Gasteiger partial charge in [0.15, 0.2) is 5.78 Å². The van der Waals surface area contributed by atoms with Crippen molar-refractivity contribution in [2.45, 2.75) is 12.8 Å². The molecule has 0 fully saturated rings. The molecule has 0 aromatic heterocycles. The van der Waals surface area contributed by atoms with Crippen LogP contribution in [0.25, 0.3) is 0 Å². The first-order valence-electron chi connectivity index (χ1n) is 4.95. The summed E-state index contributed by atoms with van der Waals surface area (Å²) in [6.45, 7) is 0. The summed E-state index contributed by atoms with van der Waals surface area (Å²) in [5, 5.41) is 0.541. The van der Waals surface area contributed by atoms with E-state index in [-0.39, 0.29) is 18.0 Å². The van der Waals surface area contributed by atoms with Gasteiger partial charge in [0.25, 0.3) is 0 Å². The lowest BCUT2D eigenvalue weighted by Crippen LogP contribution is -2.06. The summed E-state index contributed by atoms with van der Waals surface area (Å²) in [5.41, 5.74) is 0.531. The molecule has 1 rings (SSSR count). The molecule has 0 N–H and O–H groups in total. The smallest absolute Gasteiger partial charge is 0.162 e. The first kappa shape index (κ1) is 14.9. The Kier molecular flexibility index (Phi) is 5.40. The maximum Gasteiger partial charge on any atom is 0.162 e. The van der Waals surface area contributed by atoms with Crippen molar-refractivity contribution in [1.82, 2.24) is 0 Å². The molecule has 0 atom stereocenters. The lowest BCUT2D eigenvalue weighted by atomic mass is 10.1. The Hall–Kier alpha value is -0.140. The van der Waals surface area contributed by atoms with Crippen molar-refractivity contribution in [3.63, 3.8) is 0 Å². The van der Waals surface area contributed by atoms with Gasteiger partial charge in [-0.3, -0.25) is 4.79 Å². The molecule has 0 unspecified atom stereocenters. The van der Waals surface area contributed by atoms with Gasteiger partial charge in [0, 0.05) is 21.8 Å². The Bertz CT molecular complexity index is 526. The molecule has 0 bridgehead atoms. The van der Waals surface area contributed by atoms with E-state index in [1.165, 1.54) is 6.26 Å². The van der Waals surface area contributed by atoms with Gasteiger partial charge >= 0.3 is 0 Å². The Balaban J connectivity index is 2.61. The van der Waals surface area contributed by atoms with Gasteiger partial charge in [-0.05, 0) is 41.1 Å². The topological polar surface area (TPSA) is 51.2 Å². The van der Waals surface area contributed by atoms with E-state index in [1.807, 2.05) is 0 Å². The minimum atomic E-state index is -3.00. The first-order valence-corrected chi connectivity index (χ1v) is 8.47. The summed E-state index contributed by atoms with van der Waals surface area (Å²) in [6.07, 6.45) is 1.74. The van der Waals surface area contributed by atoms with Crippen LogP contribution in [0.1, 0.15) is 23.2 Å². The zero-order valence-electron chi connectivity index (χ0n) is 9.24. The predicted octanol–water partition coefficient (Wildman–Crippen LogP) is 2.95. The third kappa shape index (κ3) is 5.35. The largest absolute Gasteiger partial charge is 0.294 e. The fourth-order valence-corrected chi connectivity index (χ4v) is 2.49. The van der Waals surface area contributed by atoms with Crippen molar-refractivity contribution in [2.75, 3.05) is 12.0 Å². The minimum absolute atomic E-state index is 0.0385. The molecule has 1 aromatic carbocycles. The Morgan fingerprint density at radius 1 is 1.41 bits per heavy atom. The number of ketones is 1. The van der Waals surface area contributed by atoms with Gasteiger partial charge in [-0.25, -0.2) is 8.42 Å². The van der Waals surface area contributed by atoms with Crippen LogP contribution in [0.2, 0.25) is 5.02 Å². The van der Waals surface area contributed by atoms with Gasteiger partial charge in [0.1, 0.15) is 9.84 Å². The SMILES string of the molecule is CS(=O)(=O)CCCC(=O)c1ccc(I)c(Cl)c1. The van der Waals surface area contributed by atoms with Crippen LogP contribution < -0.4 is 0 Å². The second-order valence-electron chi connectivity index (χ2n) is 3.79. The highest BCUT2D eigenvalue weighted by atomic mass is 127. The second-order valence-corrected chi connectivity index (χ2v) is 7.61. The number of hydrogen-bond acceptors (Lipinski definition) is 3. The molecular formula is C11H12ClIO3S. The molecule has 0 saturated carbocycles.